The van der Waals surface area contributed by atoms with Crippen molar-refractivity contribution >= 4 is 17.3 Å². The molecular formula is C17H18N2O2. The zero-order valence-electron chi connectivity index (χ0n) is 12.3. The molecule has 0 aliphatic carbocycles. The molecule has 108 valence electrons. The van der Waals surface area contributed by atoms with Crippen molar-refractivity contribution in [3.63, 3.8) is 0 Å². The topological polar surface area (TPSA) is 61.7 Å². The number of hydrogen-bond donors (Lipinski definition) is 2. The van der Waals surface area contributed by atoms with E-state index >= 15 is 0 Å². The Bertz CT molecular complexity index is 688. The average Bonchev–Trinajstić information content (AvgIpc) is 2.50. The molecule has 2 rings (SSSR count). The van der Waals surface area contributed by atoms with E-state index in [9.17, 15) is 4.79 Å². The van der Waals surface area contributed by atoms with Crippen LogP contribution in [0.2, 0.25) is 0 Å². The van der Waals surface area contributed by atoms with Gasteiger partial charge < -0.3 is 10.5 Å². The number of hydrogen-bond acceptors (Lipinski definition) is 3. The van der Waals surface area contributed by atoms with Crippen LogP contribution in [0.5, 0.6) is 0 Å². The molecule has 21 heavy (non-hydrogen) atoms. The highest BCUT2D eigenvalue weighted by atomic mass is 16.4. The summed E-state index contributed by atoms with van der Waals surface area (Å²) in [5, 5.41) is 14.7. The summed E-state index contributed by atoms with van der Waals surface area (Å²) in [6.07, 6.45) is 0. The fourth-order valence-corrected chi connectivity index (χ4v) is 2.05. The highest BCUT2D eigenvalue weighted by Crippen LogP contribution is 2.16. The molecule has 0 bridgehead atoms. The number of nitrogens with zero attached hydrogens (tertiary/aromatic N) is 1. The van der Waals surface area contributed by atoms with Gasteiger partial charge in [-0.3, -0.25) is 4.79 Å². The van der Waals surface area contributed by atoms with Gasteiger partial charge in [-0.05, 0) is 55.7 Å². The van der Waals surface area contributed by atoms with Crippen molar-refractivity contribution < 1.29 is 10.0 Å². The molecule has 0 radical (unpaired) electrons. The SMILES string of the molecule is C/C(=N\O)c1ccc(NC(=O)c2cccc(C)c2C)cc1. The van der Waals surface area contributed by atoms with E-state index in [1.54, 1.807) is 31.2 Å². The summed E-state index contributed by atoms with van der Waals surface area (Å²) in [5.74, 6) is -0.128. The fraction of sp³-hybridized carbons (Fsp3) is 0.176. The van der Waals surface area contributed by atoms with Gasteiger partial charge in [0.25, 0.3) is 5.91 Å². The maximum Gasteiger partial charge on any atom is 0.255 e. The Labute approximate surface area is 124 Å². The van der Waals surface area contributed by atoms with Gasteiger partial charge in [-0.2, -0.15) is 0 Å². The van der Waals surface area contributed by atoms with Gasteiger partial charge in [0, 0.05) is 11.3 Å². The third-order valence-electron chi connectivity index (χ3n) is 3.56. The van der Waals surface area contributed by atoms with E-state index in [2.05, 4.69) is 10.5 Å². The van der Waals surface area contributed by atoms with Crippen LogP contribution >= 0.6 is 0 Å². The first-order chi connectivity index (χ1) is 10.0. The van der Waals surface area contributed by atoms with E-state index in [1.165, 1.54) is 0 Å². The molecule has 4 heteroatoms. The lowest BCUT2D eigenvalue weighted by molar-refractivity contribution is 0.102. The van der Waals surface area contributed by atoms with Crippen molar-refractivity contribution in [2.45, 2.75) is 20.8 Å². The second kappa shape index (κ2) is 6.22. The standard InChI is InChI=1S/C17H18N2O2/c1-11-5-4-6-16(12(11)2)17(20)18-15-9-7-14(8-10-15)13(3)19-21/h4-10,21H,1-3H3,(H,18,20)/b19-13+. The van der Waals surface area contributed by atoms with Crippen molar-refractivity contribution in [3.05, 3.63) is 64.7 Å². The largest absolute Gasteiger partial charge is 0.411 e. The Morgan fingerprint density at radius 3 is 2.38 bits per heavy atom. The summed E-state index contributed by atoms with van der Waals surface area (Å²) in [7, 11) is 0. The minimum Gasteiger partial charge on any atom is -0.411 e. The van der Waals surface area contributed by atoms with E-state index in [0.717, 1.165) is 16.7 Å². The highest BCUT2D eigenvalue weighted by Gasteiger charge is 2.10. The first-order valence-electron chi connectivity index (χ1n) is 6.69. The lowest BCUT2D eigenvalue weighted by Gasteiger charge is -2.10. The second-order valence-electron chi connectivity index (χ2n) is 4.96. The minimum absolute atomic E-state index is 0.128. The number of anilines is 1. The highest BCUT2D eigenvalue weighted by molar-refractivity contribution is 6.05. The van der Waals surface area contributed by atoms with Crippen molar-refractivity contribution in [2.24, 2.45) is 5.16 Å². The Morgan fingerprint density at radius 2 is 1.76 bits per heavy atom. The van der Waals surface area contributed by atoms with Crippen LogP contribution in [0.25, 0.3) is 0 Å². The molecule has 0 saturated carbocycles. The second-order valence-corrected chi connectivity index (χ2v) is 4.96. The third-order valence-corrected chi connectivity index (χ3v) is 3.56. The zero-order valence-corrected chi connectivity index (χ0v) is 12.3. The predicted octanol–water partition coefficient (Wildman–Crippen LogP) is 3.75. The molecular weight excluding hydrogens is 264 g/mol. The van der Waals surface area contributed by atoms with Gasteiger partial charge in [0.05, 0.1) is 5.71 Å². The summed E-state index contributed by atoms with van der Waals surface area (Å²) in [4.78, 5) is 12.3. The molecule has 0 unspecified atom stereocenters. The maximum atomic E-state index is 12.3. The van der Waals surface area contributed by atoms with E-state index in [4.69, 9.17) is 5.21 Å². The van der Waals surface area contributed by atoms with E-state index in [-0.39, 0.29) is 5.91 Å². The van der Waals surface area contributed by atoms with Crippen LogP contribution < -0.4 is 5.32 Å². The first-order valence-corrected chi connectivity index (χ1v) is 6.69. The Hall–Kier alpha value is -2.62. The molecule has 2 aromatic carbocycles. The van der Waals surface area contributed by atoms with E-state index in [0.29, 0.717) is 17.0 Å². The fourth-order valence-electron chi connectivity index (χ4n) is 2.05. The number of oxime groups is 1. The molecule has 0 atom stereocenters. The Balaban J connectivity index is 2.18. The van der Waals surface area contributed by atoms with E-state index in [1.807, 2.05) is 32.0 Å². The number of carbonyl (C=O) groups excluding carboxylic acids is 1. The Kier molecular flexibility index (Phi) is 4.38. The summed E-state index contributed by atoms with van der Waals surface area (Å²) in [6, 6.07) is 12.8. The van der Waals surface area contributed by atoms with Gasteiger partial charge in [0.1, 0.15) is 0 Å². The molecule has 0 aromatic heterocycles. The van der Waals surface area contributed by atoms with Gasteiger partial charge >= 0.3 is 0 Å². The van der Waals surface area contributed by atoms with E-state index < -0.39 is 0 Å². The van der Waals surface area contributed by atoms with Gasteiger partial charge in [0.2, 0.25) is 0 Å². The monoisotopic (exact) mass is 282 g/mol. The summed E-state index contributed by atoms with van der Waals surface area (Å²) < 4.78 is 0. The molecule has 2 aromatic rings. The van der Waals surface area contributed by atoms with Crippen molar-refractivity contribution in [2.75, 3.05) is 5.32 Å². The van der Waals surface area contributed by atoms with Crippen LogP contribution in [0.3, 0.4) is 0 Å². The smallest absolute Gasteiger partial charge is 0.255 e. The molecule has 1 amide bonds. The maximum absolute atomic E-state index is 12.3. The van der Waals surface area contributed by atoms with Crippen LogP contribution in [0.1, 0.15) is 34.0 Å². The molecule has 0 spiro atoms. The van der Waals surface area contributed by atoms with Crippen LogP contribution in [-0.4, -0.2) is 16.8 Å². The number of carbonyl (C=O) groups is 1. The Morgan fingerprint density at radius 1 is 1.10 bits per heavy atom. The molecule has 4 nitrogen and oxygen atoms in total. The summed E-state index contributed by atoms with van der Waals surface area (Å²) in [5.41, 5.74) is 4.79. The number of nitrogens with one attached hydrogen (secondary N) is 1. The van der Waals surface area contributed by atoms with Crippen molar-refractivity contribution in [1.82, 2.24) is 0 Å². The number of rotatable bonds is 3. The molecule has 0 heterocycles. The average molecular weight is 282 g/mol. The van der Waals surface area contributed by atoms with Gasteiger partial charge in [-0.15, -0.1) is 0 Å². The van der Waals surface area contributed by atoms with Crippen molar-refractivity contribution in [3.8, 4) is 0 Å². The molecule has 0 aliphatic rings. The van der Waals surface area contributed by atoms with Crippen LogP contribution in [0.15, 0.2) is 47.6 Å². The lowest BCUT2D eigenvalue weighted by Crippen LogP contribution is -2.13. The number of benzene rings is 2. The number of aryl methyl sites for hydroxylation is 1. The quantitative estimate of drug-likeness (QED) is 0.511. The number of amides is 1. The van der Waals surface area contributed by atoms with Gasteiger partial charge in [-0.1, -0.05) is 29.4 Å². The lowest BCUT2D eigenvalue weighted by atomic mass is 10.0. The van der Waals surface area contributed by atoms with Gasteiger partial charge in [0.15, 0.2) is 0 Å². The molecule has 2 N–H and O–H groups in total. The third kappa shape index (κ3) is 3.28. The van der Waals surface area contributed by atoms with Crippen molar-refractivity contribution in [1.29, 1.82) is 0 Å². The zero-order chi connectivity index (χ0) is 15.4. The van der Waals surface area contributed by atoms with Crippen LogP contribution in [0.4, 0.5) is 5.69 Å². The predicted molar refractivity (Wildman–Crippen MR) is 84.3 cm³/mol. The summed E-state index contributed by atoms with van der Waals surface area (Å²) in [6.45, 7) is 5.63. The molecule has 0 saturated heterocycles. The van der Waals surface area contributed by atoms with Crippen LogP contribution in [-0.2, 0) is 0 Å². The van der Waals surface area contributed by atoms with Crippen LogP contribution in [0, 0.1) is 13.8 Å². The minimum atomic E-state index is -0.128. The normalized spacial score (nSPS) is 11.3. The molecule has 0 fully saturated rings. The van der Waals surface area contributed by atoms with Gasteiger partial charge in [-0.25, -0.2) is 0 Å². The summed E-state index contributed by atoms with van der Waals surface area (Å²) >= 11 is 0. The first kappa shape index (κ1) is 14.8. The molecule has 0 aliphatic heterocycles.